The van der Waals surface area contributed by atoms with E-state index in [1.165, 1.54) is 13.2 Å². The number of hydrogen-bond acceptors (Lipinski definition) is 7. The fraction of sp³-hybridized carbons (Fsp3) is 0.500. The molecule has 3 heterocycles. The van der Waals surface area contributed by atoms with Crippen LogP contribution < -0.4 is 4.74 Å². The molecule has 0 radical (unpaired) electrons. The van der Waals surface area contributed by atoms with Crippen LogP contribution in [-0.2, 0) is 28.5 Å². The van der Waals surface area contributed by atoms with Crippen LogP contribution >= 0.6 is 0 Å². The van der Waals surface area contributed by atoms with Crippen molar-refractivity contribution in [3.05, 3.63) is 63.9 Å². The molecule has 11 heteroatoms. The van der Waals surface area contributed by atoms with Gasteiger partial charge in [-0.25, -0.2) is 14.3 Å². The van der Waals surface area contributed by atoms with Gasteiger partial charge in [0.2, 0.25) is 0 Å². The number of carbonyl (C=O) groups excluding carboxylic acids is 1. The first-order valence-electron chi connectivity index (χ1n) is 13.1. The van der Waals surface area contributed by atoms with Gasteiger partial charge in [0.25, 0.3) is 5.78 Å². The van der Waals surface area contributed by atoms with E-state index in [9.17, 15) is 23.1 Å². The number of hydrogen-bond donors (Lipinski definition) is 1. The fourth-order valence-corrected chi connectivity index (χ4v) is 5.92. The number of aliphatic hydroxyl groups excluding tert-OH is 1. The first-order chi connectivity index (χ1) is 18.5. The van der Waals surface area contributed by atoms with Gasteiger partial charge in [0, 0.05) is 24.2 Å². The van der Waals surface area contributed by atoms with E-state index in [2.05, 4.69) is 15.1 Å². The Balaban J connectivity index is 1.41. The van der Waals surface area contributed by atoms with Crippen molar-refractivity contribution >= 4 is 11.7 Å². The number of methoxy groups -OCH3 is 1. The third-order valence-electron chi connectivity index (χ3n) is 7.86. The summed E-state index contributed by atoms with van der Waals surface area (Å²) >= 11 is 0. The van der Waals surface area contributed by atoms with E-state index in [1.54, 1.807) is 10.6 Å². The van der Waals surface area contributed by atoms with Gasteiger partial charge in [-0.05, 0) is 69.2 Å². The maximum atomic E-state index is 13.6. The molecule has 0 saturated heterocycles. The van der Waals surface area contributed by atoms with Crippen molar-refractivity contribution in [2.75, 3.05) is 7.11 Å². The number of cyclic esters (lactones) is 1. The monoisotopic (exact) mass is 544 g/mol. The van der Waals surface area contributed by atoms with Crippen LogP contribution in [0.5, 0.6) is 5.75 Å². The topological polar surface area (TPSA) is 98.8 Å². The summed E-state index contributed by atoms with van der Waals surface area (Å²) in [5.41, 5.74) is 0.339. The van der Waals surface area contributed by atoms with Crippen LogP contribution in [0.15, 0.2) is 35.6 Å². The molecule has 39 heavy (non-hydrogen) atoms. The van der Waals surface area contributed by atoms with Gasteiger partial charge in [0.05, 0.1) is 18.2 Å². The summed E-state index contributed by atoms with van der Waals surface area (Å²) in [6.45, 7) is 3.73. The van der Waals surface area contributed by atoms with E-state index in [1.807, 2.05) is 19.9 Å². The number of rotatable bonds is 7. The van der Waals surface area contributed by atoms with Crippen LogP contribution in [-0.4, -0.2) is 43.4 Å². The molecule has 1 saturated carbocycles. The number of aryl methyl sites for hydroxylation is 3. The van der Waals surface area contributed by atoms with Crippen LogP contribution in [0.4, 0.5) is 13.2 Å². The molecule has 2 aromatic heterocycles. The maximum absolute atomic E-state index is 13.6. The molecule has 1 aliphatic carbocycles. The first-order valence-corrected chi connectivity index (χ1v) is 13.1. The summed E-state index contributed by atoms with van der Waals surface area (Å²) in [6.07, 6.45) is -0.341. The van der Waals surface area contributed by atoms with E-state index in [-0.39, 0.29) is 42.3 Å². The van der Waals surface area contributed by atoms with Crippen LogP contribution in [0.2, 0.25) is 0 Å². The van der Waals surface area contributed by atoms with E-state index >= 15 is 0 Å². The van der Waals surface area contributed by atoms with Gasteiger partial charge in [-0.3, -0.25) is 0 Å². The van der Waals surface area contributed by atoms with E-state index in [0.29, 0.717) is 23.6 Å². The summed E-state index contributed by atoms with van der Waals surface area (Å²) < 4.78 is 53.3. The number of halogens is 3. The second-order valence-electron chi connectivity index (χ2n) is 10.5. The van der Waals surface area contributed by atoms with Gasteiger partial charge in [-0.2, -0.15) is 18.2 Å². The quantitative estimate of drug-likeness (QED) is 0.385. The zero-order valence-corrected chi connectivity index (χ0v) is 22.1. The molecule has 2 aliphatic rings. The highest BCUT2D eigenvalue weighted by molar-refractivity contribution is 5.90. The molecule has 8 nitrogen and oxygen atoms in total. The molecular formula is C28H31F3N4O4. The highest BCUT2D eigenvalue weighted by Gasteiger charge is 2.48. The maximum Gasteiger partial charge on any atom is 0.419 e. The van der Waals surface area contributed by atoms with Crippen LogP contribution in [0.25, 0.3) is 5.78 Å². The normalized spacial score (nSPS) is 20.6. The van der Waals surface area contributed by atoms with Crippen molar-refractivity contribution in [2.45, 2.75) is 77.0 Å². The molecule has 3 aromatic rings. The van der Waals surface area contributed by atoms with Crippen molar-refractivity contribution in [1.29, 1.82) is 0 Å². The summed E-state index contributed by atoms with van der Waals surface area (Å²) in [7, 11) is 1.20. The Morgan fingerprint density at radius 1 is 1.18 bits per heavy atom. The molecule has 0 spiro atoms. The standard InChI is InChI=1S/C28H31F3N4O4/c1-16-12-17(2)35-26(32-16)33-24(34-35)14-20-22(36)15-27(39-25(20)37,19-6-4-5-7-19)11-10-18-8-9-23(38-3)21(13-18)28(29,30)31/h8-9,12-13,19,36H,4-7,10-11,14-15H2,1-3H3. The zero-order chi connectivity index (χ0) is 27.9. The predicted octanol–water partition coefficient (Wildman–Crippen LogP) is 5.63. The Labute approximate surface area is 223 Å². The number of aromatic nitrogens is 4. The SMILES string of the molecule is COc1ccc(CCC2(C3CCCC3)CC(O)=C(Cc3nc4nc(C)cc(C)n4n3)C(=O)O2)cc1C(F)(F)F. The summed E-state index contributed by atoms with van der Waals surface area (Å²) in [4.78, 5) is 22.1. The molecule has 1 aromatic carbocycles. The van der Waals surface area contributed by atoms with Gasteiger partial charge in [-0.1, -0.05) is 18.9 Å². The van der Waals surface area contributed by atoms with Crippen molar-refractivity contribution in [2.24, 2.45) is 5.92 Å². The molecule has 1 fully saturated rings. The number of nitrogens with zero attached hydrogens (tertiary/aromatic N) is 4. The third-order valence-corrected chi connectivity index (χ3v) is 7.86. The lowest BCUT2D eigenvalue weighted by molar-refractivity contribution is -0.167. The number of benzene rings is 1. The van der Waals surface area contributed by atoms with Crippen LogP contribution in [0, 0.1) is 19.8 Å². The lowest BCUT2D eigenvalue weighted by Crippen LogP contribution is -2.46. The van der Waals surface area contributed by atoms with Crippen molar-refractivity contribution in [3.63, 3.8) is 0 Å². The van der Waals surface area contributed by atoms with Gasteiger partial charge >= 0.3 is 12.1 Å². The molecule has 208 valence electrons. The molecular weight excluding hydrogens is 513 g/mol. The smallest absolute Gasteiger partial charge is 0.419 e. The number of fused-ring (bicyclic) bond motifs is 1. The van der Waals surface area contributed by atoms with Gasteiger partial charge in [-0.15, -0.1) is 5.10 Å². The minimum absolute atomic E-state index is 0.00799. The summed E-state index contributed by atoms with van der Waals surface area (Å²) in [6, 6.07) is 5.85. The first kappa shape index (κ1) is 27.0. The molecule has 1 unspecified atom stereocenters. The number of carbonyl (C=O) groups is 1. The highest BCUT2D eigenvalue weighted by Crippen LogP contribution is 2.46. The predicted molar refractivity (Wildman–Crippen MR) is 135 cm³/mol. The molecule has 0 amide bonds. The van der Waals surface area contributed by atoms with E-state index in [4.69, 9.17) is 9.47 Å². The van der Waals surface area contributed by atoms with Crippen molar-refractivity contribution in [3.8, 4) is 5.75 Å². The average Bonchev–Trinajstić information content (AvgIpc) is 3.55. The van der Waals surface area contributed by atoms with Crippen molar-refractivity contribution < 1.29 is 32.5 Å². The minimum atomic E-state index is -4.56. The molecule has 0 bridgehead atoms. The number of alkyl halides is 3. The van der Waals surface area contributed by atoms with E-state index in [0.717, 1.165) is 43.1 Å². The van der Waals surface area contributed by atoms with E-state index < -0.39 is 23.3 Å². The Bertz CT molecular complexity index is 1440. The zero-order valence-electron chi connectivity index (χ0n) is 22.1. The Morgan fingerprint density at radius 2 is 1.92 bits per heavy atom. The molecule has 1 aliphatic heterocycles. The number of ether oxygens (including phenoxy) is 2. The second kappa shape index (κ2) is 10.2. The average molecular weight is 545 g/mol. The number of esters is 1. The largest absolute Gasteiger partial charge is 0.512 e. The Kier molecular flexibility index (Phi) is 7.02. The van der Waals surface area contributed by atoms with Gasteiger partial charge in [0.1, 0.15) is 17.1 Å². The summed E-state index contributed by atoms with van der Waals surface area (Å²) in [5, 5.41) is 15.6. The van der Waals surface area contributed by atoms with Gasteiger partial charge in [0.15, 0.2) is 5.82 Å². The van der Waals surface area contributed by atoms with Crippen LogP contribution in [0.3, 0.4) is 0 Å². The van der Waals surface area contributed by atoms with Crippen molar-refractivity contribution in [1.82, 2.24) is 19.6 Å². The number of aliphatic hydroxyl groups is 1. The fourth-order valence-electron chi connectivity index (χ4n) is 5.92. The lowest BCUT2D eigenvalue weighted by atomic mass is 9.76. The lowest BCUT2D eigenvalue weighted by Gasteiger charge is -2.41. The van der Waals surface area contributed by atoms with Gasteiger partial charge < -0.3 is 14.6 Å². The highest BCUT2D eigenvalue weighted by atomic mass is 19.4. The van der Waals surface area contributed by atoms with Crippen LogP contribution in [0.1, 0.15) is 66.9 Å². The Morgan fingerprint density at radius 3 is 2.59 bits per heavy atom. The molecule has 1 atom stereocenters. The Hall–Kier alpha value is -3.63. The minimum Gasteiger partial charge on any atom is -0.512 e. The third kappa shape index (κ3) is 5.31. The molecule has 1 N–H and O–H groups in total. The second-order valence-corrected chi connectivity index (χ2v) is 10.5. The summed E-state index contributed by atoms with van der Waals surface area (Å²) in [5.74, 6) is -0.216. The molecule has 5 rings (SSSR count).